The van der Waals surface area contributed by atoms with Crippen molar-refractivity contribution in [2.45, 2.75) is 13.5 Å². The highest BCUT2D eigenvalue weighted by atomic mass is 16.5. The fraction of sp³-hybridized carbons (Fsp3) is 0.167. The van der Waals surface area contributed by atoms with E-state index in [-0.39, 0.29) is 17.9 Å². The molecule has 3 rings (SSSR count). The Hall–Kier alpha value is -3.15. The first-order chi connectivity index (χ1) is 11.6. The van der Waals surface area contributed by atoms with Crippen LogP contribution in [0.2, 0.25) is 0 Å². The lowest BCUT2D eigenvalue weighted by Gasteiger charge is -2.06. The van der Waals surface area contributed by atoms with Gasteiger partial charge in [0.05, 0.1) is 25.5 Å². The lowest BCUT2D eigenvalue weighted by molar-refractivity contribution is 0.0561. The number of carbonyl (C=O) groups excluding carboxylic acids is 1. The number of aromatic nitrogens is 2. The minimum Gasteiger partial charge on any atom is -0.463 e. The van der Waals surface area contributed by atoms with Crippen LogP contribution >= 0.6 is 0 Å². The zero-order chi connectivity index (χ0) is 17.1. The van der Waals surface area contributed by atoms with Gasteiger partial charge in [-0.05, 0) is 13.0 Å². The van der Waals surface area contributed by atoms with Crippen molar-refractivity contribution in [1.82, 2.24) is 9.55 Å². The van der Waals surface area contributed by atoms with Crippen LogP contribution in [-0.2, 0) is 11.3 Å². The number of hydrogen-bond donors (Lipinski definition) is 0. The molecular weight excluding hydrogens is 308 g/mol. The fourth-order valence-corrected chi connectivity index (χ4v) is 2.41. The first kappa shape index (κ1) is 15.7. The molecule has 0 aliphatic heterocycles. The molecule has 0 aliphatic carbocycles. The summed E-state index contributed by atoms with van der Waals surface area (Å²) >= 11 is 0. The van der Waals surface area contributed by atoms with Gasteiger partial charge in [-0.2, -0.15) is 0 Å². The van der Waals surface area contributed by atoms with E-state index in [0.29, 0.717) is 17.0 Å². The van der Waals surface area contributed by atoms with Crippen LogP contribution in [0.25, 0.3) is 11.3 Å². The lowest BCUT2D eigenvalue weighted by atomic mass is 10.2. The second-order valence-electron chi connectivity index (χ2n) is 5.32. The number of methoxy groups -OCH3 is 1. The van der Waals surface area contributed by atoms with Gasteiger partial charge in [-0.15, -0.1) is 0 Å². The van der Waals surface area contributed by atoms with Crippen molar-refractivity contribution in [2.24, 2.45) is 0 Å². The van der Waals surface area contributed by atoms with E-state index >= 15 is 0 Å². The van der Waals surface area contributed by atoms with Gasteiger partial charge in [0.15, 0.2) is 0 Å². The fourth-order valence-electron chi connectivity index (χ4n) is 2.41. The second-order valence-corrected chi connectivity index (χ2v) is 5.32. The van der Waals surface area contributed by atoms with Gasteiger partial charge in [0.2, 0.25) is 5.76 Å². The molecule has 2 aromatic heterocycles. The van der Waals surface area contributed by atoms with Gasteiger partial charge in [0.25, 0.3) is 5.56 Å². The second kappa shape index (κ2) is 6.54. The highest BCUT2D eigenvalue weighted by molar-refractivity contribution is 5.87. The third-order valence-corrected chi connectivity index (χ3v) is 3.61. The predicted octanol–water partition coefficient (Wildman–Crippen LogP) is 2.65. The Morgan fingerprint density at radius 3 is 2.75 bits per heavy atom. The van der Waals surface area contributed by atoms with Gasteiger partial charge in [0.1, 0.15) is 5.76 Å². The molecule has 0 aliphatic rings. The van der Waals surface area contributed by atoms with Crippen molar-refractivity contribution in [3.63, 3.8) is 0 Å². The largest absolute Gasteiger partial charge is 0.463 e. The quantitative estimate of drug-likeness (QED) is 0.690. The Balaban J connectivity index is 1.93. The molecule has 0 fully saturated rings. The number of esters is 1. The van der Waals surface area contributed by atoms with Crippen molar-refractivity contribution in [1.29, 1.82) is 0 Å². The summed E-state index contributed by atoms with van der Waals surface area (Å²) in [4.78, 5) is 27.8. The average molecular weight is 324 g/mol. The number of aryl methyl sites for hydroxylation is 1. The van der Waals surface area contributed by atoms with Crippen molar-refractivity contribution >= 4 is 5.97 Å². The SMILES string of the molecule is COC(=O)c1oc(Cn2cc(-c3ccccc3)ncc2=O)cc1C. The molecule has 3 aromatic rings. The molecule has 0 spiro atoms. The summed E-state index contributed by atoms with van der Waals surface area (Å²) in [6, 6.07) is 11.3. The molecule has 0 amide bonds. The molecule has 122 valence electrons. The summed E-state index contributed by atoms with van der Waals surface area (Å²) in [5.74, 6) is 0.115. The smallest absolute Gasteiger partial charge is 0.374 e. The van der Waals surface area contributed by atoms with Gasteiger partial charge < -0.3 is 13.7 Å². The Morgan fingerprint density at radius 1 is 1.29 bits per heavy atom. The van der Waals surface area contributed by atoms with Gasteiger partial charge in [-0.25, -0.2) is 9.78 Å². The van der Waals surface area contributed by atoms with Crippen LogP contribution < -0.4 is 5.56 Å². The highest BCUT2D eigenvalue weighted by Crippen LogP contribution is 2.18. The van der Waals surface area contributed by atoms with Gasteiger partial charge >= 0.3 is 5.97 Å². The van der Waals surface area contributed by atoms with Gasteiger partial charge in [-0.1, -0.05) is 30.3 Å². The molecule has 0 N–H and O–H groups in total. The van der Waals surface area contributed by atoms with E-state index in [1.54, 1.807) is 19.2 Å². The predicted molar refractivity (Wildman–Crippen MR) is 87.8 cm³/mol. The number of rotatable bonds is 4. The number of ether oxygens (including phenoxy) is 1. The standard InChI is InChI=1S/C18H16N2O4/c1-12-8-14(24-17(12)18(22)23-2)10-20-11-15(19-9-16(20)21)13-6-4-3-5-7-13/h3-9,11H,10H2,1-2H3. The summed E-state index contributed by atoms with van der Waals surface area (Å²) in [6.07, 6.45) is 2.95. The van der Waals surface area contributed by atoms with Crippen LogP contribution in [-0.4, -0.2) is 22.6 Å². The molecule has 2 heterocycles. The number of benzene rings is 1. The van der Waals surface area contributed by atoms with Crippen LogP contribution in [0.1, 0.15) is 21.9 Å². The Morgan fingerprint density at radius 2 is 2.04 bits per heavy atom. The summed E-state index contributed by atoms with van der Waals surface area (Å²) in [5, 5.41) is 0. The minimum atomic E-state index is -0.536. The van der Waals surface area contributed by atoms with E-state index in [9.17, 15) is 9.59 Å². The van der Waals surface area contributed by atoms with Crippen LogP contribution in [0.3, 0.4) is 0 Å². The molecule has 1 aromatic carbocycles. The van der Waals surface area contributed by atoms with E-state index in [1.165, 1.54) is 17.9 Å². The number of carbonyl (C=O) groups is 1. The van der Waals surface area contributed by atoms with E-state index in [4.69, 9.17) is 4.42 Å². The van der Waals surface area contributed by atoms with E-state index in [0.717, 1.165) is 5.56 Å². The maximum Gasteiger partial charge on any atom is 0.374 e. The molecule has 6 heteroatoms. The third-order valence-electron chi connectivity index (χ3n) is 3.61. The van der Waals surface area contributed by atoms with Crippen molar-refractivity contribution in [2.75, 3.05) is 7.11 Å². The minimum absolute atomic E-state index is 0.151. The summed E-state index contributed by atoms with van der Waals surface area (Å²) < 4.78 is 11.7. The first-order valence-corrected chi connectivity index (χ1v) is 7.38. The summed E-state index contributed by atoms with van der Waals surface area (Å²) in [6.45, 7) is 1.96. The summed E-state index contributed by atoms with van der Waals surface area (Å²) in [7, 11) is 1.30. The van der Waals surface area contributed by atoms with E-state index in [1.807, 2.05) is 30.3 Å². The highest BCUT2D eigenvalue weighted by Gasteiger charge is 2.16. The molecule has 0 bridgehead atoms. The molecule has 0 atom stereocenters. The van der Waals surface area contributed by atoms with Crippen molar-refractivity contribution in [3.8, 4) is 11.3 Å². The molecule has 24 heavy (non-hydrogen) atoms. The molecule has 0 radical (unpaired) electrons. The van der Waals surface area contributed by atoms with Gasteiger partial charge in [0, 0.05) is 17.3 Å². The monoisotopic (exact) mass is 324 g/mol. The maximum absolute atomic E-state index is 12.1. The van der Waals surface area contributed by atoms with Gasteiger partial charge in [-0.3, -0.25) is 4.79 Å². The van der Waals surface area contributed by atoms with Crippen LogP contribution in [0.5, 0.6) is 0 Å². The Bertz CT molecular complexity index is 926. The summed E-state index contributed by atoms with van der Waals surface area (Å²) in [5.41, 5.74) is 2.02. The lowest BCUT2D eigenvalue weighted by Crippen LogP contribution is -2.20. The van der Waals surface area contributed by atoms with Crippen molar-refractivity contribution < 1.29 is 13.9 Å². The maximum atomic E-state index is 12.1. The van der Waals surface area contributed by atoms with E-state index < -0.39 is 5.97 Å². The normalized spacial score (nSPS) is 10.6. The first-order valence-electron chi connectivity index (χ1n) is 7.38. The molecule has 0 saturated heterocycles. The number of furan rings is 1. The molecule has 0 unspecified atom stereocenters. The third kappa shape index (κ3) is 3.12. The molecular formula is C18H16N2O4. The van der Waals surface area contributed by atoms with Crippen LogP contribution in [0.4, 0.5) is 0 Å². The zero-order valence-electron chi connectivity index (χ0n) is 13.4. The van der Waals surface area contributed by atoms with Crippen molar-refractivity contribution in [3.05, 3.63) is 76.2 Å². The molecule has 6 nitrogen and oxygen atoms in total. The van der Waals surface area contributed by atoms with Crippen LogP contribution in [0.15, 0.2) is 58.0 Å². The van der Waals surface area contributed by atoms with E-state index in [2.05, 4.69) is 9.72 Å². The average Bonchev–Trinajstić information content (AvgIpc) is 2.97. The number of nitrogens with zero attached hydrogens (tertiary/aromatic N) is 2. The van der Waals surface area contributed by atoms with Crippen LogP contribution in [0, 0.1) is 6.92 Å². The topological polar surface area (TPSA) is 74.3 Å². The zero-order valence-corrected chi connectivity index (χ0v) is 13.4. The number of hydrogen-bond acceptors (Lipinski definition) is 5. The Kier molecular flexibility index (Phi) is 4.29. The Labute approximate surface area is 138 Å². The molecule has 0 saturated carbocycles.